The summed E-state index contributed by atoms with van der Waals surface area (Å²) in [6, 6.07) is 12.8. The first-order valence-corrected chi connectivity index (χ1v) is 9.38. The molecule has 2 atom stereocenters. The van der Waals surface area contributed by atoms with Crippen molar-refractivity contribution < 1.29 is 13.6 Å². The van der Waals surface area contributed by atoms with Crippen LogP contribution in [-0.2, 0) is 10.2 Å². The van der Waals surface area contributed by atoms with E-state index in [0.717, 1.165) is 25.1 Å². The minimum Gasteiger partial charge on any atom is -0.355 e. The first-order valence-electron chi connectivity index (χ1n) is 9.38. The van der Waals surface area contributed by atoms with E-state index in [0.29, 0.717) is 12.1 Å². The zero-order valence-corrected chi connectivity index (χ0v) is 15.8. The Hall–Kier alpha value is -2.27. The molecule has 0 radical (unpaired) electrons. The molecule has 1 saturated heterocycles. The lowest BCUT2D eigenvalue weighted by Crippen LogP contribution is -2.46. The maximum absolute atomic E-state index is 13.5. The molecule has 3 rings (SSSR count). The SMILES string of the molecule is CC(C)(C(=O)NC[C@@H]1CNCC[C@@H]1c1ccc(F)cc1)c1cccc(F)c1. The van der Waals surface area contributed by atoms with Crippen LogP contribution in [0.25, 0.3) is 0 Å². The number of benzene rings is 2. The minimum absolute atomic E-state index is 0.128. The molecule has 3 nitrogen and oxygen atoms in total. The summed E-state index contributed by atoms with van der Waals surface area (Å²) < 4.78 is 26.8. The van der Waals surface area contributed by atoms with Crippen molar-refractivity contribution in [1.82, 2.24) is 10.6 Å². The number of rotatable bonds is 5. The summed E-state index contributed by atoms with van der Waals surface area (Å²) in [5.74, 6) is -0.229. The van der Waals surface area contributed by atoms with Crippen molar-refractivity contribution in [3.63, 3.8) is 0 Å². The molecule has 1 aliphatic rings. The van der Waals surface area contributed by atoms with Gasteiger partial charge in [0.15, 0.2) is 0 Å². The van der Waals surface area contributed by atoms with Crippen molar-refractivity contribution in [2.75, 3.05) is 19.6 Å². The monoisotopic (exact) mass is 372 g/mol. The Morgan fingerprint density at radius 2 is 1.89 bits per heavy atom. The molecule has 0 unspecified atom stereocenters. The predicted octanol–water partition coefficient (Wildman–Crippen LogP) is 3.75. The molecule has 0 saturated carbocycles. The van der Waals surface area contributed by atoms with E-state index in [9.17, 15) is 13.6 Å². The Morgan fingerprint density at radius 1 is 1.15 bits per heavy atom. The highest BCUT2D eigenvalue weighted by atomic mass is 19.1. The van der Waals surface area contributed by atoms with Crippen LogP contribution in [0, 0.1) is 17.6 Å². The van der Waals surface area contributed by atoms with Crippen LogP contribution >= 0.6 is 0 Å². The van der Waals surface area contributed by atoms with Crippen molar-refractivity contribution in [1.29, 1.82) is 0 Å². The number of piperidine rings is 1. The van der Waals surface area contributed by atoms with E-state index in [1.54, 1.807) is 26.0 Å². The van der Waals surface area contributed by atoms with Crippen molar-refractivity contribution in [3.05, 3.63) is 71.3 Å². The highest BCUT2D eigenvalue weighted by molar-refractivity contribution is 5.87. The number of nitrogens with one attached hydrogen (secondary N) is 2. The molecule has 2 aromatic rings. The molecular weight excluding hydrogens is 346 g/mol. The predicted molar refractivity (Wildman–Crippen MR) is 103 cm³/mol. The van der Waals surface area contributed by atoms with Gasteiger partial charge in [-0.25, -0.2) is 8.78 Å². The largest absolute Gasteiger partial charge is 0.355 e. The van der Waals surface area contributed by atoms with E-state index in [4.69, 9.17) is 0 Å². The van der Waals surface area contributed by atoms with E-state index >= 15 is 0 Å². The van der Waals surface area contributed by atoms with Crippen LogP contribution in [0.3, 0.4) is 0 Å². The van der Waals surface area contributed by atoms with Gasteiger partial charge >= 0.3 is 0 Å². The third-order valence-electron chi connectivity index (χ3n) is 5.54. The first-order chi connectivity index (χ1) is 12.9. The van der Waals surface area contributed by atoms with Crippen LogP contribution in [0.5, 0.6) is 0 Å². The third-order valence-corrected chi connectivity index (χ3v) is 5.54. The Labute approximate surface area is 159 Å². The number of carbonyl (C=O) groups excluding carboxylic acids is 1. The molecule has 2 N–H and O–H groups in total. The van der Waals surface area contributed by atoms with Crippen LogP contribution in [-0.4, -0.2) is 25.5 Å². The van der Waals surface area contributed by atoms with Crippen LogP contribution < -0.4 is 10.6 Å². The fourth-order valence-corrected chi connectivity index (χ4v) is 3.74. The highest BCUT2D eigenvalue weighted by Crippen LogP contribution is 2.31. The van der Waals surface area contributed by atoms with E-state index in [1.165, 1.54) is 24.3 Å². The Balaban J connectivity index is 1.68. The summed E-state index contributed by atoms with van der Waals surface area (Å²) >= 11 is 0. The Bertz CT molecular complexity index is 789. The van der Waals surface area contributed by atoms with Crippen molar-refractivity contribution in [2.24, 2.45) is 5.92 Å². The van der Waals surface area contributed by atoms with Gasteiger partial charge in [-0.05, 0) is 74.0 Å². The van der Waals surface area contributed by atoms with Crippen LogP contribution in [0.2, 0.25) is 0 Å². The number of hydrogen-bond acceptors (Lipinski definition) is 2. The summed E-state index contributed by atoms with van der Waals surface area (Å²) in [5.41, 5.74) is 0.925. The lowest BCUT2D eigenvalue weighted by Gasteiger charge is -2.34. The van der Waals surface area contributed by atoms with Gasteiger partial charge in [0.2, 0.25) is 5.91 Å². The van der Waals surface area contributed by atoms with Gasteiger partial charge in [-0.15, -0.1) is 0 Å². The molecule has 1 aliphatic heterocycles. The average molecular weight is 372 g/mol. The fourth-order valence-electron chi connectivity index (χ4n) is 3.74. The summed E-state index contributed by atoms with van der Waals surface area (Å²) in [4.78, 5) is 12.8. The standard InChI is InChI=1S/C22H26F2N2O/c1-22(2,17-4-3-5-19(24)12-17)21(27)26-14-16-13-25-11-10-20(16)15-6-8-18(23)9-7-15/h3-9,12,16,20,25H,10-11,13-14H2,1-2H3,(H,26,27)/t16-,20+/m0/s1. The summed E-state index contributed by atoms with van der Waals surface area (Å²) in [7, 11) is 0. The number of halogens is 2. The van der Waals surface area contributed by atoms with Gasteiger partial charge < -0.3 is 10.6 Å². The second-order valence-corrected chi connectivity index (χ2v) is 7.76. The maximum atomic E-state index is 13.5. The quantitative estimate of drug-likeness (QED) is 0.839. The molecule has 1 fully saturated rings. The number of hydrogen-bond donors (Lipinski definition) is 2. The topological polar surface area (TPSA) is 41.1 Å². The fraction of sp³-hybridized carbons (Fsp3) is 0.409. The molecule has 2 aromatic carbocycles. The molecule has 1 heterocycles. The normalized spacial score (nSPS) is 20.3. The summed E-state index contributed by atoms with van der Waals surface area (Å²) in [6.07, 6.45) is 0.944. The lowest BCUT2D eigenvalue weighted by molar-refractivity contribution is -0.125. The molecule has 5 heteroatoms. The second-order valence-electron chi connectivity index (χ2n) is 7.76. The van der Waals surface area contributed by atoms with E-state index in [1.807, 2.05) is 12.1 Å². The molecule has 1 amide bonds. The molecule has 27 heavy (non-hydrogen) atoms. The molecule has 0 aromatic heterocycles. The van der Waals surface area contributed by atoms with E-state index in [2.05, 4.69) is 10.6 Å². The lowest BCUT2D eigenvalue weighted by atomic mass is 9.80. The first kappa shape index (κ1) is 19.5. The van der Waals surface area contributed by atoms with Crippen molar-refractivity contribution in [2.45, 2.75) is 31.6 Å². The van der Waals surface area contributed by atoms with Crippen LogP contribution in [0.4, 0.5) is 8.78 Å². The van der Waals surface area contributed by atoms with Gasteiger partial charge in [0.05, 0.1) is 5.41 Å². The van der Waals surface area contributed by atoms with Crippen LogP contribution in [0.1, 0.15) is 37.3 Å². The Kier molecular flexibility index (Phi) is 5.90. The third kappa shape index (κ3) is 4.53. The number of amides is 1. The van der Waals surface area contributed by atoms with Crippen molar-refractivity contribution in [3.8, 4) is 0 Å². The van der Waals surface area contributed by atoms with Gasteiger partial charge in [-0.2, -0.15) is 0 Å². The molecular formula is C22H26F2N2O. The van der Waals surface area contributed by atoms with Gasteiger partial charge in [0.25, 0.3) is 0 Å². The smallest absolute Gasteiger partial charge is 0.230 e. The van der Waals surface area contributed by atoms with E-state index < -0.39 is 5.41 Å². The molecule has 0 aliphatic carbocycles. The van der Waals surface area contributed by atoms with Gasteiger partial charge in [0, 0.05) is 13.1 Å². The Morgan fingerprint density at radius 3 is 2.59 bits per heavy atom. The van der Waals surface area contributed by atoms with Gasteiger partial charge in [-0.3, -0.25) is 4.79 Å². The van der Waals surface area contributed by atoms with Crippen molar-refractivity contribution >= 4 is 5.91 Å². The summed E-state index contributed by atoms with van der Waals surface area (Å²) in [5, 5.41) is 6.42. The van der Waals surface area contributed by atoms with Gasteiger partial charge in [-0.1, -0.05) is 24.3 Å². The minimum atomic E-state index is -0.824. The second kappa shape index (κ2) is 8.17. The van der Waals surface area contributed by atoms with Gasteiger partial charge in [0.1, 0.15) is 11.6 Å². The molecule has 144 valence electrons. The molecule has 0 bridgehead atoms. The average Bonchev–Trinajstić information content (AvgIpc) is 2.67. The maximum Gasteiger partial charge on any atom is 0.230 e. The zero-order valence-electron chi connectivity index (χ0n) is 15.8. The van der Waals surface area contributed by atoms with E-state index in [-0.39, 0.29) is 29.4 Å². The summed E-state index contributed by atoms with van der Waals surface area (Å²) in [6.45, 7) is 5.82. The molecule has 0 spiro atoms. The number of carbonyl (C=O) groups is 1. The highest BCUT2D eigenvalue weighted by Gasteiger charge is 2.32. The zero-order chi connectivity index (χ0) is 19.4. The van der Waals surface area contributed by atoms with Crippen LogP contribution in [0.15, 0.2) is 48.5 Å².